The summed E-state index contributed by atoms with van der Waals surface area (Å²) in [5.41, 5.74) is 0. The number of aliphatic carboxylic acids is 1. The molecule has 0 radical (unpaired) electrons. The number of nitrogens with one attached hydrogen (secondary N) is 2. The molecule has 1 atom stereocenters. The van der Waals surface area contributed by atoms with Crippen LogP contribution in [-0.4, -0.2) is 47.0 Å². The van der Waals surface area contributed by atoms with Crippen LogP contribution in [0.2, 0.25) is 0 Å². The normalized spacial score (nSPS) is 11.6. The van der Waals surface area contributed by atoms with Crippen LogP contribution < -0.4 is 10.6 Å². The van der Waals surface area contributed by atoms with E-state index in [0.29, 0.717) is 13.1 Å². The van der Waals surface area contributed by atoms with Gasteiger partial charge < -0.3 is 15.7 Å². The van der Waals surface area contributed by atoms with Gasteiger partial charge in [-0.2, -0.15) is 0 Å². The molecule has 0 aromatic rings. The van der Waals surface area contributed by atoms with Gasteiger partial charge in [0, 0.05) is 25.3 Å². The van der Waals surface area contributed by atoms with Gasteiger partial charge in [-0.3, -0.25) is 14.4 Å². The third-order valence-electron chi connectivity index (χ3n) is 1.78. The SMILES string of the molecule is CC(=O)NCCNC(=O)CSC(C)CC(=O)O. The van der Waals surface area contributed by atoms with Crippen LogP contribution in [-0.2, 0) is 14.4 Å². The summed E-state index contributed by atoms with van der Waals surface area (Å²) < 4.78 is 0. The molecule has 0 heterocycles. The first-order chi connectivity index (χ1) is 7.91. The molecule has 0 aromatic carbocycles. The van der Waals surface area contributed by atoms with Crippen LogP contribution in [0.15, 0.2) is 0 Å². The lowest BCUT2D eigenvalue weighted by atomic mass is 10.3. The molecule has 0 fully saturated rings. The molecule has 7 heteroatoms. The van der Waals surface area contributed by atoms with E-state index in [1.165, 1.54) is 18.7 Å². The van der Waals surface area contributed by atoms with E-state index in [1.54, 1.807) is 6.92 Å². The Morgan fingerprint density at radius 1 is 1.24 bits per heavy atom. The first-order valence-corrected chi connectivity index (χ1v) is 6.31. The molecule has 0 rings (SSSR count). The number of carbonyl (C=O) groups excluding carboxylic acids is 2. The van der Waals surface area contributed by atoms with Gasteiger partial charge in [-0.15, -0.1) is 11.8 Å². The van der Waals surface area contributed by atoms with Crippen molar-refractivity contribution in [3.8, 4) is 0 Å². The van der Waals surface area contributed by atoms with Gasteiger partial charge in [0.15, 0.2) is 0 Å². The summed E-state index contributed by atoms with van der Waals surface area (Å²) in [4.78, 5) is 32.2. The van der Waals surface area contributed by atoms with Gasteiger partial charge in [-0.25, -0.2) is 0 Å². The molecule has 0 spiro atoms. The van der Waals surface area contributed by atoms with E-state index >= 15 is 0 Å². The molecular weight excluding hydrogens is 244 g/mol. The predicted molar refractivity (Wildman–Crippen MR) is 65.9 cm³/mol. The van der Waals surface area contributed by atoms with Gasteiger partial charge in [0.2, 0.25) is 11.8 Å². The minimum absolute atomic E-state index is 0.0455. The number of hydrogen-bond acceptors (Lipinski definition) is 4. The van der Waals surface area contributed by atoms with Crippen molar-refractivity contribution in [2.24, 2.45) is 0 Å². The molecule has 2 amide bonds. The highest BCUT2D eigenvalue weighted by atomic mass is 32.2. The Labute approximate surface area is 105 Å². The average Bonchev–Trinajstić information content (AvgIpc) is 2.20. The summed E-state index contributed by atoms with van der Waals surface area (Å²) in [5, 5.41) is 13.6. The standard InChI is InChI=1S/C10H18N2O4S/c1-7(5-10(15)16)17-6-9(14)12-4-3-11-8(2)13/h7H,3-6H2,1-2H3,(H,11,13)(H,12,14)(H,15,16). The van der Waals surface area contributed by atoms with Crippen molar-refractivity contribution in [3.63, 3.8) is 0 Å². The zero-order valence-electron chi connectivity index (χ0n) is 9.99. The fraction of sp³-hybridized carbons (Fsp3) is 0.700. The van der Waals surface area contributed by atoms with Crippen LogP contribution >= 0.6 is 11.8 Å². The van der Waals surface area contributed by atoms with Crippen molar-refractivity contribution in [2.75, 3.05) is 18.8 Å². The number of amides is 2. The van der Waals surface area contributed by atoms with Crippen molar-refractivity contribution < 1.29 is 19.5 Å². The second kappa shape index (κ2) is 8.86. The van der Waals surface area contributed by atoms with Crippen LogP contribution in [0.3, 0.4) is 0 Å². The number of carbonyl (C=O) groups is 3. The molecule has 1 unspecified atom stereocenters. The van der Waals surface area contributed by atoms with Crippen molar-refractivity contribution in [2.45, 2.75) is 25.5 Å². The lowest BCUT2D eigenvalue weighted by molar-refractivity contribution is -0.137. The Bertz CT molecular complexity index is 283. The highest BCUT2D eigenvalue weighted by molar-refractivity contribution is 8.00. The van der Waals surface area contributed by atoms with Gasteiger partial charge >= 0.3 is 5.97 Å². The van der Waals surface area contributed by atoms with E-state index in [0.717, 1.165) is 0 Å². The van der Waals surface area contributed by atoms with Crippen molar-refractivity contribution in [1.82, 2.24) is 10.6 Å². The first kappa shape index (κ1) is 15.8. The van der Waals surface area contributed by atoms with Crippen LogP contribution in [0, 0.1) is 0 Å². The lowest BCUT2D eigenvalue weighted by Gasteiger charge is -2.09. The minimum atomic E-state index is -0.865. The summed E-state index contributed by atoms with van der Waals surface area (Å²) in [6.07, 6.45) is 0.0455. The van der Waals surface area contributed by atoms with Gasteiger partial charge in [0.05, 0.1) is 12.2 Å². The van der Waals surface area contributed by atoms with E-state index in [1.807, 2.05) is 0 Å². The molecule has 0 bridgehead atoms. The average molecular weight is 262 g/mol. The maximum Gasteiger partial charge on any atom is 0.304 e. The molecule has 17 heavy (non-hydrogen) atoms. The summed E-state index contributed by atoms with van der Waals surface area (Å²) in [6, 6.07) is 0. The Morgan fingerprint density at radius 2 is 1.82 bits per heavy atom. The van der Waals surface area contributed by atoms with Crippen LogP contribution in [0.1, 0.15) is 20.3 Å². The van der Waals surface area contributed by atoms with Crippen LogP contribution in [0.25, 0.3) is 0 Å². The number of carboxylic acid groups (broad SMARTS) is 1. The van der Waals surface area contributed by atoms with E-state index in [9.17, 15) is 14.4 Å². The number of carboxylic acids is 1. The number of thioether (sulfide) groups is 1. The topological polar surface area (TPSA) is 95.5 Å². The second-order valence-electron chi connectivity index (χ2n) is 3.55. The van der Waals surface area contributed by atoms with Gasteiger partial charge in [-0.1, -0.05) is 6.92 Å². The summed E-state index contributed by atoms with van der Waals surface area (Å²) in [6.45, 7) is 3.96. The molecule has 0 aromatic heterocycles. The second-order valence-corrected chi connectivity index (χ2v) is 4.98. The zero-order chi connectivity index (χ0) is 13.3. The van der Waals surface area contributed by atoms with E-state index in [2.05, 4.69) is 10.6 Å². The van der Waals surface area contributed by atoms with Gasteiger partial charge in [0.25, 0.3) is 0 Å². The maximum absolute atomic E-state index is 11.3. The third-order valence-corrected chi connectivity index (χ3v) is 2.95. The minimum Gasteiger partial charge on any atom is -0.481 e. The molecule has 0 aliphatic carbocycles. The molecule has 3 N–H and O–H groups in total. The summed E-state index contributed by atoms with van der Waals surface area (Å²) in [7, 11) is 0. The van der Waals surface area contributed by atoms with E-state index in [4.69, 9.17) is 5.11 Å². The lowest BCUT2D eigenvalue weighted by Crippen LogP contribution is -2.34. The Kier molecular flexibility index (Phi) is 8.21. The Balaban J connectivity index is 3.52. The number of rotatable bonds is 8. The van der Waals surface area contributed by atoms with Crippen LogP contribution in [0.4, 0.5) is 0 Å². The molecule has 0 saturated carbocycles. The first-order valence-electron chi connectivity index (χ1n) is 5.26. The molecule has 6 nitrogen and oxygen atoms in total. The summed E-state index contributed by atoms with van der Waals surface area (Å²) >= 11 is 1.30. The molecule has 98 valence electrons. The third kappa shape index (κ3) is 11.0. The Hall–Kier alpha value is -1.24. The van der Waals surface area contributed by atoms with Crippen LogP contribution in [0.5, 0.6) is 0 Å². The zero-order valence-corrected chi connectivity index (χ0v) is 10.8. The van der Waals surface area contributed by atoms with Crippen molar-refractivity contribution in [1.29, 1.82) is 0 Å². The van der Waals surface area contributed by atoms with E-state index < -0.39 is 5.97 Å². The monoisotopic (exact) mass is 262 g/mol. The molecule has 0 aliphatic heterocycles. The van der Waals surface area contributed by atoms with Gasteiger partial charge in [0.1, 0.15) is 0 Å². The van der Waals surface area contributed by atoms with E-state index in [-0.39, 0.29) is 29.2 Å². The maximum atomic E-state index is 11.3. The quantitative estimate of drug-likeness (QED) is 0.528. The Morgan fingerprint density at radius 3 is 2.35 bits per heavy atom. The predicted octanol–water partition coefficient (Wildman–Crippen LogP) is -0.165. The van der Waals surface area contributed by atoms with Crippen molar-refractivity contribution >= 4 is 29.5 Å². The number of hydrogen-bond donors (Lipinski definition) is 3. The summed E-state index contributed by atoms with van der Waals surface area (Å²) in [5.74, 6) is -0.925. The smallest absolute Gasteiger partial charge is 0.304 e. The van der Waals surface area contributed by atoms with Crippen molar-refractivity contribution in [3.05, 3.63) is 0 Å². The highest BCUT2D eigenvalue weighted by Crippen LogP contribution is 2.13. The molecule has 0 aliphatic rings. The highest BCUT2D eigenvalue weighted by Gasteiger charge is 2.10. The fourth-order valence-electron chi connectivity index (χ4n) is 1.01. The largest absolute Gasteiger partial charge is 0.481 e. The molecular formula is C10H18N2O4S. The van der Waals surface area contributed by atoms with Gasteiger partial charge in [-0.05, 0) is 0 Å². The molecule has 0 saturated heterocycles. The fourth-order valence-corrected chi connectivity index (χ4v) is 1.81.